The Labute approximate surface area is 196 Å². The second-order valence-electron chi connectivity index (χ2n) is 6.95. The molecule has 0 radical (unpaired) electrons. The Morgan fingerprint density at radius 2 is 1.73 bits per heavy atom. The van der Waals surface area contributed by atoms with Crippen molar-refractivity contribution < 1.29 is 9.72 Å². The molecule has 1 amide bonds. The molecule has 2 aromatic carbocycles. The predicted molar refractivity (Wildman–Crippen MR) is 129 cm³/mol. The van der Waals surface area contributed by atoms with Crippen LogP contribution in [0.2, 0.25) is 5.02 Å². The average Bonchev–Trinajstić information content (AvgIpc) is 3.29. The second-order valence-corrected chi connectivity index (χ2v) is 8.45. The Morgan fingerprint density at radius 1 is 1.06 bits per heavy atom. The van der Waals surface area contributed by atoms with Crippen LogP contribution in [0.1, 0.15) is 15.2 Å². The fraction of sp³-hybridized carbons (Fsp3) is 0.0455. The average molecular weight is 482 g/mol. The highest BCUT2D eigenvalue weighted by atomic mass is 35.5. The highest BCUT2D eigenvalue weighted by Crippen LogP contribution is 2.26. The van der Waals surface area contributed by atoms with Gasteiger partial charge in [0.15, 0.2) is 0 Å². The number of hydrogen-bond donors (Lipinski definition) is 3. The number of carbonyl (C=O) groups excluding carboxylic acids is 1. The number of rotatable bonds is 6. The number of aromatic nitrogens is 2. The van der Waals surface area contributed by atoms with Crippen LogP contribution in [-0.4, -0.2) is 20.8 Å². The molecule has 33 heavy (non-hydrogen) atoms. The van der Waals surface area contributed by atoms with E-state index in [1.54, 1.807) is 55.5 Å². The first kappa shape index (κ1) is 22.2. The van der Waals surface area contributed by atoms with Crippen LogP contribution < -0.4 is 16.2 Å². The minimum atomic E-state index is -0.539. The Morgan fingerprint density at radius 3 is 2.36 bits per heavy atom. The van der Waals surface area contributed by atoms with Gasteiger partial charge in [0.2, 0.25) is 5.95 Å². The van der Waals surface area contributed by atoms with Crippen molar-refractivity contribution in [1.82, 2.24) is 9.97 Å². The lowest BCUT2D eigenvalue weighted by Crippen LogP contribution is -2.15. The van der Waals surface area contributed by atoms with E-state index in [9.17, 15) is 19.7 Å². The molecule has 0 aliphatic rings. The monoisotopic (exact) mass is 481 g/mol. The molecule has 2 aromatic heterocycles. The molecular formula is C22H16ClN5O4S. The van der Waals surface area contributed by atoms with Crippen LogP contribution in [0, 0.1) is 17.0 Å². The molecule has 0 aliphatic heterocycles. The summed E-state index contributed by atoms with van der Waals surface area (Å²) in [6, 6.07) is 16.5. The van der Waals surface area contributed by atoms with Crippen LogP contribution in [0.3, 0.4) is 0 Å². The fourth-order valence-electron chi connectivity index (χ4n) is 2.99. The number of H-pyrrole nitrogens is 1. The van der Waals surface area contributed by atoms with Crippen molar-refractivity contribution in [2.75, 3.05) is 10.6 Å². The minimum Gasteiger partial charge on any atom is -0.326 e. The van der Waals surface area contributed by atoms with Crippen LogP contribution >= 0.6 is 22.9 Å². The molecule has 0 bridgehead atoms. The molecule has 11 heteroatoms. The predicted octanol–water partition coefficient (Wildman–Crippen LogP) is 5.36. The molecule has 0 unspecified atom stereocenters. The molecule has 4 rings (SSSR count). The lowest BCUT2D eigenvalue weighted by molar-refractivity contribution is -0.380. The third-order valence-corrected chi connectivity index (χ3v) is 5.96. The lowest BCUT2D eigenvalue weighted by atomic mass is 10.1. The number of thiophene rings is 1. The van der Waals surface area contributed by atoms with Gasteiger partial charge in [-0.1, -0.05) is 35.1 Å². The van der Waals surface area contributed by atoms with E-state index in [4.69, 9.17) is 11.6 Å². The van der Waals surface area contributed by atoms with Crippen molar-refractivity contribution in [2.24, 2.45) is 0 Å². The minimum absolute atomic E-state index is 0.102. The maximum absolute atomic E-state index is 12.4. The number of aromatic amines is 1. The Hall–Kier alpha value is -4.02. The summed E-state index contributed by atoms with van der Waals surface area (Å²) in [6.45, 7) is 1.67. The Bertz CT molecular complexity index is 1400. The lowest BCUT2D eigenvalue weighted by Gasteiger charge is -2.11. The first-order chi connectivity index (χ1) is 15.8. The summed E-state index contributed by atoms with van der Waals surface area (Å²) in [5.74, 6) is -0.166. The smallest absolute Gasteiger partial charge is 0.324 e. The van der Waals surface area contributed by atoms with Crippen molar-refractivity contribution in [2.45, 2.75) is 6.92 Å². The molecule has 0 fully saturated rings. The van der Waals surface area contributed by atoms with E-state index < -0.39 is 10.8 Å². The van der Waals surface area contributed by atoms with Crippen LogP contribution in [0.25, 0.3) is 11.3 Å². The number of amides is 1. The number of halogens is 1. The standard InChI is InChI=1S/C22H16ClN5O4S/c1-12-19(26-22(27-20(12)29)25-16-8-4-14(23)5-9-16)13-2-6-15(7-3-13)24-21(30)17-10-11-18(33-17)28(31)32/h2-11H,1H3,(H,24,30)(H2,25,26,27,29). The van der Waals surface area contributed by atoms with Crippen LogP contribution in [0.15, 0.2) is 65.5 Å². The van der Waals surface area contributed by atoms with Crippen molar-refractivity contribution >= 4 is 51.2 Å². The van der Waals surface area contributed by atoms with E-state index in [1.807, 2.05) is 0 Å². The number of carbonyl (C=O) groups is 1. The molecule has 166 valence electrons. The summed E-state index contributed by atoms with van der Waals surface area (Å²) in [4.78, 5) is 42.5. The van der Waals surface area contributed by atoms with E-state index >= 15 is 0 Å². The zero-order chi connectivity index (χ0) is 23.5. The summed E-state index contributed by atoms with van der Waals surface area (Å²) in [7, 11) is 0. The van der Waals surface area contributed by atoms with E-state index in [0.29, 0.717) is 33.2 Å². The maximum atomic E-state index is 12.4. The van der Waals surface area contributed by atoms with Gasteiger partial charge in [0.05, 0.1) is 15.5 Å². The quantitative estimate of drug-likeness (QED) is 0.251. The van der Waals surface area contributed by atoms with E-state index in [2.05, 4.69) is 20.6 Å². The first-order valence-electron chi connectivity index (χ1n) is 9.59. The van der Waals surface area contributed by atoms with Gasteiger partial charge in [-0.05, 0) is 49.4 Å². The number of hydrogen-bond acceptors (Lipinski definition) is 7. The third kappa shape index (κ3) is 5.08. The molecule has 0 atom stereocenters. The third-order valence-electron chi connectivity index (χ3n) is 4.67. The topological polar surface area (TPSA) is 130 Å². The molecule has 0 aliphatic carbocycles. The summed E-state index contributed by atoms with van der Waals surface area (Å²) < 4.78 is 0. The van der Waals surface area contributed by atoms with Gasteiger partial charge in [-0.25, -0.2) is 4.98 Å². The highest BCUT2D eigenvalue weighted by Gasteiger charge is 2.16. The van der Waals surface area contributed by atoms with Crippen LogP contribution in [-0.2, 0) is 0 Å². The van der Waals surface area contributed by atoms with Gasteiger partial charge in [0.25, 0.3) is 11.5 Å². The molecule has 9 nitrogen and oxygen atoms in total. The van der Waals surface area contributed by atoms with Gasteiger partial charge < -0.3 is 10.6 Å². The van der Waals surface area contributed by atoms with Crippen molar-refractivity contribution in [1.29, 1.82) is 0 Å². The number of benzene rings is 2. The van der Waals surface area contributed by atoms with Gasteiger partial charge in [-0.3, -0.25) is 24.7 Å². The zero-order valence-electron chi connectivity index (χ0n) is 17.1. The maximum Gasteiger partial charge on any atom is 0.324 e. The second kappa shape index (κ2) is 9.23. The van der Waals surface area contributed by atoms with Crippen molar-refractivity contribution in [3.05, 3.63) is 96.6 Å². The van der Waals surface area contributed by atoms with Gasteiger partial charge >= 0.3 is 5.00 Å². The van der Waals surface area contributed by atoms with Crippen molar-refractivity contribution in [3.8, 4) is 11.3 Å². The molecule has 0 spiro atoms. The summed E-state index contributed by atoms with van der Waals surface area (Å²) in [6.07, 6.45) is 0. The first-order valence-corrected chi connectivity index (χ1v) is 10.8. The van der Waals surface area contributed by atoms with Gasteiger partial charge in [0, 0.05) is 33.6 Å². The molecule has 0 saturated carbocycles. The van der Waals surface area contributed by atoms with E-state index in [0.717, 1.165) is 11.3 Å². The summed E-state index contributed by atoms with van der Waals surface area (Å²) in [5, 5.41) is 17.0. The molecular weight excluding hydrogens is 466 g/mol. The number of nitrogens with one attached hydrogen (secondary N) is 3. The summed E-state index contributed by atoms with van der Waals surface area (Å²) >= 11 is 6.71. The van der Waals surface area contributed by atoms with Gasteiger partial charge in [-0.15, -0.1) is 0 Å². The van der Waals surface area contributed by atoms with Crippen LogP contribution in [0.4, 0.5) is 22.3 Å². The molecule has 3 N–H and O–H groups in total. The van der Waals surface area contributed by atoms with E-state index in [-0.39, 0.29) is 21.4 Å². The SMILES string of the molecule is Cc1c(-c2ccc(NC(=O)c3ccc([N+](=O)[O-])s3)cc2)nc(Nc2ccc(Cl)cc2)[nH]c1=O. The Kier molecular flexibility index (Phi) is 6.20. The molecule has 2 heterocycles. The van der Waals surface area contributed by atoms with Crippen molar-refractivity contribution in [3.63, 3.8) is 0 Å². The summed E-state index contributed by atoms with van der Waals surface area (Å²) in [5.41, 5.74) is 2.54. The largest absolute Gasteiger partial charge is 0.326 e. The molecule has 4 aromatic rings. The number of anilines is 3. The highest BCUT2D eigenvalue weighted by molar-refractivity contribution is 7.17. The van der Waals surface area contributed by atoms with Gasteiger partial charge in [-0.2, -0.15) is 0 Å². The number of nitrogens with zero attached hydrogens (tertiary/aromatic N) is 2. The van der Waals surface area contributed by atoms with E-state index in [1.165, 1.54) is 12.1 Å². The van der Waals surface area contributed by atoms with Crippen LogP contribution in [0.5, 0.6) is 0 Å². The number of nitro groups is 1. The normalized spacial score (nSPS) is 10.6. The Balaban J connectivity index is 1.54. The zero-order valence-corrected chi connectivity index (χ0v) is 18.7. The fourth-order valence-corrected chi connectivity index (χ4v) is 3.84. The molecule has 0 saturated heterocycles. The van der Waals surface area contributed by atoms with Gasteiger partial charge in [0.1, 0.15) is 0 Å².